The lowest BCUT2D eigenvalue weighted by molar-refractivity contribution is 0.170. The van der Waals surface area contributed by atoms with Gasteiger partial charge in [-0.1, -0.05) is 0 Å². The van der Waals surface area contributed by atoms with Crippen LogP contribution in [0.2, 0.25) is 0 Å². The third-order valence-electron chi connectivity index (χ3n) is 2.10. The molecule has 0 fully saturated rings. The summed E-state index contributed by atoms with van der Waals surface area (Å²) >= 11 is 0. The van der Waals surface area contributed by atoms with Crippen LogP contribution in [-0.4, -0.2) is 28.4 Å². The van der Waals surface area contributed by atoms with E-state index in [9.17, 15) is 35.2 Å². The molecule has 0 radical (unpaired) electrons. The van der Waals surface area contributed by atoms with Gasteiger partial charge in [-0.3, -0.25) is 0 Å². The summed E-state index contributed by atoms with van der Waals surface area (Å²) in [5, 5.41) is 1.75. The van der Waals surface area contributed by atoms with E-state index in [-0.39, 0.29) is 0 Å². The summed E-state index contributed by atoms with van der Waals surface area (Å²) in [5.41, 5.74) is 0. The van der Waals surface area contributed by atoms with Crippen LogP contribution in [0.3, 0.4) is 0 Å². The summed E-state index contributed by atoms with van der Waals surface area (Å²) in [4.78, 5) is 8.78. The Labute approximate surface area is 114 Å². The number of urea groups is 1. The van der Waals surface area contributed by atoms with Gasteiger partial charge in [0.05, 0.1) is 0 Å². The first-order valence-electron chi connectivity index (χ1n) is 4.96. The molecule has 0 aliphatic rings. The number of benzene rings is 1. The Balaban J connectivity index is 3.56. The van der Waals surface area contributed by atoms with Crippen molar-refractivity contribution < 1.29 is 39.9 Å². The van der Waals surface area contributed by atoms with Crippen LogP contribution < -0.4 is 14.8 Å². The van der Waals surface area contributed by atoms with Gasteiger partial charge in [-0.15, -0.1) is 0 Å². The summed E-state index contributed by atoms with van der Waals surface area (Å²) in [6.07, 6.45) is 0. The highest BCUT2D eigenvalue weighted by molar-refractivity contribution is 7.90. The van der Waals surface area contributed by atoms with Gasteiger partial charge in [0, 0.05) is 7.05 Å². The summed E-state index contributed by atoms with van der Waals surface area (Å²) in [6.45, 7) is -1.81. The van der Waals surface area contributed by atoms with Crippen molar-refractivity contribution in [2.45, 2.75) is 4.90 Å². The normalized spacial score (nSPS) is 11.1. The molecule has 0 aliphatic carbocycles. The molecule has 21 heavy (non-hydrogen) atoms. The molecular formula is C9H7F5N2O4S. The predicted octanol–water partition coefficient (Wildman–Crippen LogP) is 1.17. The van der Waals surface area contributed by atoms with E-state index < -0.39 is 56.8 Å². The fraction of sp³-hybridized carbons (Fsp3) is 0.222. The van der Waals surface area contributed by atoms with Crippen LogP contribution in [0.25, 0.3) is 0 Å². The molecule has 1 rings (SSSR count). The number of ether oxygens (including phenoxy) is 1. The second-order valence-electron chi connectivity index (χ2n) is 3.35. The van der Waals surface area contributed by atoms with E-state index in [1.807, 2.05) is 0 Å². The molecule has 0 unspecified atom stereocenters. The Bertz CT molecular complexity index is 650. The second kappa shape index (κ2) is 6.11. The van der Waals surface area contributed by atoms with Gasteiger partial charge >= 0.3 is 6.03 Å². The van der Waals surface area contributed by atoms with Crippen molar-refractivity contribution in [3.8, 4) is 5.75 Å². The average Bonchev–Trinajstić information content (AvgIpc) is 2.40. The van der Waals surface area contributed by atoms with Crippen molar-refractivity contribution in [2.75, 3.05) is 13.9 Å². The number of halogens is 5. The van der Waals surface area contributed by atoms with E-state index in [0.29, 0.717) is 0 Å². The molecule has 0 heterocycles. The molecule has 0 bridgehead atoms. The van der Waals surface area contributed by atoms with Gasteiger partial charge < -0.3 is 10.1 Å². The topological polar surface area (TPSA) is 84.5 Å². The highest BCUT2D eigenvalue weighted by atomic mass is 32.2. The molecule has 0 spiro atoms. The monoisotopic (exact) mass is 334 g/mol. The lowest BCUT2D eigenvalue weighted by Gasteiger charge is -2.12. The van der Waals surface area contributed by atoms with Crippen LogP contribution >= 0.6 is 0 Å². The summed E-state index contributed by atoms with van der Waals surface area (Å²) in [5.74, 6) is -11.0. The maximum Gasteiger partial charge on any atom is 0.328 e. The van der Waals surface area contributed by atoms with Gasteiger partial charge in [-0.05, 0) is 0 Å². The summed E-state index contributed by atoms with van der Waals surface area (Å²) in [7, 11) is -4.27. The van der Waals surface area contributed by atoms with Crippen LogP contribution in [0.1, 0.15) is 0 Å². The maximum atomic E-state index is 13.5. The molecule has 2 N–H and O–H groups in total. The number of nitrogens with one attached hydrogen (secondary N) is 2. The average molecular weight is 334 g/mol. The van der Waals surface area contributed by atoms with Crippen molar-refractivity contribution in [1.82, 2.24) is 10.0 Å². The number of sulfonamides is 1. The molecule has 1 aromatic carbocycles. The minimum Gasteiger partial charge on any atom is -0.457 e. The van der Waals surface area contributed by atoms with Gasteiger partial charge in [-0.25, -0.2) is 31.1 Å². The minimum atomic E-state index is -5.25. The quantitative estimate of drug-likeness (QED) is 0.639. The molecule has 12 heteroatoms. The Hall–Kier alpha value is -2.11. The van der Waals surface area contributed by atoms with Gasteiger partial charge in [0.1, 0.15) is 0 Å². The largest absolute Gasteiger partial charge is 0.457 e. The van der Waals surface area contributed by atoms with E-state index in [1.165, 1.54) is 0 Å². The highest BCUT2D eigenvalue weighted by Crippen LogP contribution is 2.32. The van der Waals surface area contributed by atoms with E-state index >= 15 is 0 Å². The number of amides is 2. The van der Waals surface area contributed by atoms with Crippen molar-refractivity contribution in [3.05, 3.63) is 23.3 Å². The van der Waals surface area contributed by atoms with Crippen LogP contribution in [0.4, 0.5) is 26.7 Å². The maximum absolute atomic E-state index is 13.5. The SMILES string of the molecule is CNC(=O)NS(=O)(=O)c1c(F)c(F)c(OCF)c(F)c1F. The van der Waals surface area contributed by atoms with Crippen molar-refractivity contribution >= 4 is 16.1 Å². The molecule has 0 saturated carbocycles. The van der Waals surface area contributed by atoms with E-state index in [4.69, 9.17) is 0 Å². The Morgan fingerprint density at radius 2 is 1.57 bits per heavy atom. The molecule has 0 atom stereocenters. The fourth-order valence-electron chi connectivity index (χ4n) is 1.23. The number of rotatable bonds is 4. The van der Waals surface area contributed by atoms with Crippen molar-refractivity contribution in [3.63, 3.8) is 0 Å². The minimum absolute atomic E-state index is 0.983. The number of hydrogen-bond donors (Lipinski definition) is 2. The standard InChI is InChI=1S/C9H7F5N2O4S/c1-15-9(17)16-21(18,19)8-5(13)3(11)7(20-2-10)4(12)6(8)14/h2H2,1H3,(H2,15,16,17). The highest BCUT2D eigenvalue weighted by Gasteiger charge is 2.34. The first-order chi connectivity index (χ1) is 9.67. The first kappa shape index (κ1) is 16.9. The smallest absolute Gasteiger partial charge is 0.328 e. The lowest BCUT2D eigenvalue weighted by Crippen LogP contribution is -2.38. The van der Waals surface area contributed by atoms with Crippen molar-refractivity contribution in [2.24, 2.45) is 0 Å². The zero-order valence-corrected chi connectivity index (χ0v) is 11.0. The molecule has 0 aliphatic heterocycles. The second-order valence-corrected chi connectivity index (χ2v) is 4.97. The molecule has 2 amide bonds. The lowest BCUT2D eigenvalue weighted by atomic mass is 10.3. The van der Waals surface area contributed by atoms with Crippen LogP contribution in [-0.2, 0) is 10.0 Å². The van der Waals surface area contributed by atoms with E-state index in [1.54, 1.807) is 5.32 Å². The molecule has 1 aromatic rings. The van der Waals surface area contributed by atoms with Crippen molar-refractivity contribution in [1.29, 1.82) is 0 Å². The first-order valence-corrected chi connectivity index (χ1v) is 6.44. The third-order valence-corrected chi connectivity index (χ3v) is 3.45. The van der Waals surface area contributed by atoms with Gasteiger partial charge in [0.2, 0.25) is 18.5 Å². The van der Waals surface area contributed by atoms with Crippen LogP contribution in [0.5, 0.6) is 5.75 Å². The number of carbonyl (C=O) groups is 1. The molecular weight excluding hydrogens is 327 g/mol. The molecule has 118 valence electrons. The predicted molar refractivity (Wildman–Crippen MR) is 57.7 cm³/mol. The van der Waals surface area contributed by atoms with Crippen LogP contribution in [0, 0.1) is 23.3 Å². The van der Waals surface area contributed by atoms with Gasteiger partial charge in [-0.2, -0.15) is 8.78 Å². The number of alkyl halides is 1. The molecule has 0 saturated heterocycles. The van der Waals surface area contributed by atoms with E-state index in [0.717, 1.165) is 11.8 Å². The Kier molecular flexibility index (Phi) is 4.93. The zero-order chi connectivity index (χ0) is 16.4. The Morgan fingerprint density at radius 1 is 1.10 bits per heavy atom. The summed E-state index contributed by atoms with van der Waals surface area (Å²) < 4.78 is 93.5. The third kappa shape index (κ3) is 3.15. The fourth-order valence-corrected chi connectivity index (χ4v) is 2.33. The van der Waals surface area contributed by atoms with E-state index in [2.05, 4.69) is 4.74 Å². The zero-order valence-electron chi connectivity index (χ0n) is 10.1. The van der Waals surface area contributed by atoms with Gasteiger partial charge in [0.15, 0.2) is 22.3 Å². The van der Waals surface area contributed by atoms with Crippen LogP contribution in [0.15, 0.2) is 4.90 Å². The number of carbonyl (C=O) groups excluding carboxylic acids is 1. The molecule has 0 aromatic heterocycles. The molecule has 6 nitrogen and oxygen atoms in total. The number of hydrogen-bond acceptors (Lipinski definition) is 4. The van der Waals surface area contributed by atoms with Gasteiger partial charge in [0.25, 0.3) is 10.0 Å². The Morgan fingerprint density at radius 3 is 1.95 bits per heavy atom. The summed E-state index contributed by atoms with van der Waals surface area (Å²) in [6, 6.07) is -1.40.